The van der Waals surface area contributed by atoms with E-state index in [0.717, 1.165) is 13.0 Å². The first-order chi connectivity index (χ1) is 6.18. The van der Waals surface area contributed by atoms with Crippen LogP contribution in [0.5, 0.6) is 0 Å². The van der Waals surface area contributed by atoms with E-state index in [1.807, 2.05) is 13.8 Å². The summed E-state index contributed by atoms with van der Waals surface area (Å²) in [7, 11) is -2.01. The van der Waals surface area contributed by atoms with Crippen molar-refractivity contribution in [2.45, 2.75) is 33.7 Å². The summed E-state index contributed by atoms with van der Waals surface area (Å²) < 4.78 is 16.7. The van der Waals surface area contributed by atoms with E-state index in [1.165, 1.54) is 0 Å². The number of hydrogen-bond donors (Lipinski definition) is 0. The summed E-state index contributed by atoms with van der Waals surface area (Å²) in [6, 6.07) is 0. The van der Waals surface area contributed by atoms with E-state index >= 15 is 0 Å². The van der Waals surface area contributed by atoms with E-state index in [9.17, 15) is 0 Å². The second-order valence-corrected chi connectivity index (χ2v) is 6.19. The Morgan fingerprint density at radius 1 is 1.00 bits per heavy atom. The van der Waals surface area contributed by atoms with E-state index in [-0.39, 0.29) is 0 Å². The summed E-state index contributed by atoms with van der Waals surface area (Å²) in [5.74, 6) is 0. The molecule has 0 aromatic heterocycles. The van der Waals surface area contributed by atoms with Crippen LogP contribution in [0.25, 0.3) is 0 Å². The molecule has 0 radical (unpaired) electrons. The molecule has 80 valence electrons. The molecule has 13 heavy (non-hydrogen) atoms. The Hall–Kier alpha value is 0.0969. The Labute approximate surface area is 82.6 Å². The fourth-order valence-electron chi connectivity index (χ4n) is 1.14. The molecule has 4 heteroatoms. The lowest BCUT2D eigenvalue weighted by Gasteiger charge is -2.25. The van der Waals surface area contributed by atoms with Crippen molar-refractivity contribution in [3.05, 3.63) is 0 Å². The molecule has 0 saturated heterocycles. The molecule has 0 unspecified atom stereocenters. The van der Waals surface area contributed by atoms with E-state index in [1.54, 1.807) is 0 Å². The predicted octanol–water partition coefficient (Wildman–Crippen LogP) is 2.10. The van der Waals surface area contributed by atoms with Crippen molar-refractivity contribution in [3.8, 4) is 0 Å². The number of ether oxygens (including phenoxy) is 1. The predicted molar refractivity (Wildman–Crippen MR) is 56.0 cm³/mol. The average Bonchev–Trinajstić information content (AvgIpc) is 2.05. The molecule has 0 atom stereocenters. The van der Waals surface area contributed by atoms with Crippen LogP contribution in [0.3, 0.4) is 0 Å². The van der Waals surface area contributed by atoms with Crippen molar-refractivity contribution in [2.75, 3.05) is 26.1 Å². The van der Waals surface area contributed by atoms with Crippen molar-refractivity contribution in [1.29, 1.82) is 0 Å². The van der Waals surface area contributed by atoms with Gasteiger partial charge < -0.3 is 13.6 Å². The van der Waals surface area contributed by atoms with Crippen LogP contribution in [0.1, 0.15) is 27.2 Å². The Balaban J connectivity index is 3.76. The Kier molecular flexibility index (Phi) is 7.55. The van der Waals surface area contributed by atoms with Gasteiger partial charge in [-0.3, -0.25) is 0 Å². The third kappa shape index (κ3) is 6.21. The van der Waals surface area contributed by atoms with Gasteiger partial charge in [-0.05, 0) is 26.8 Å². The van der Waals surface area contributed by atoms with Crippen molar-refractivity contribution < 1.29 is 13.6 Å². The fourth-order valence-corrected chi connectivity index (χ4v) is 3.12. The van der Waals surface area contributed by atoms with Crippen LogP contribution in [-0.2, 0) is 13.6 Å². The van der Waals surface area contributed by atoms with Gasteiger partial charge in [-0.1, -0.05) is 6.92 Å². The maximum absolute atomic E-state index is 5.61. The lowest BCUT2D eigenvalue weighted by molar-refractivity contribution is 0.109. The second-order valence-electron chi connectivity index (χ2n) is 3.05. The van der Waals surface area contributed by atoms with E-state index in [2.05, 4.69) is 13.5 Å². The minimum Gasteiger partial charge on any atom is -0.393 e. The monoisotopic (exact) mass is 206 g/mol. The smallest absolute Gasteiger partial charge is 0.361 e. The highest BCUT2D eigenvalue weighted by Crippen LogP contribution is 2.07. The van der Waals surface area contributed by atoms with E-state index in [0.29, 0.717) is 19.4 Å². The molecule has 0 rings (SSSR count). The summed E-state index contributed by atoms with van der Waals surface area (Å²) >= 11 is 0. The minimum atomic E-state index is -2.01. The van der Waals surface area contributed by atoms with Gasteiger partial charge in [-0.25, -0.2) is 0 Å². The van der Waals surface area contributed by atoms with Gasteiger partial charge in [0.05, 0.1) is 6.23 Å². The number of rotatable bonds is 8. The lowest BCUT2D eigenvalue weighted by Crippen LogP contribution is -2.44. The van der Waals surface area contributed by atoms with E-state index < -0.39 is 8.56 Å². The molecule has 0 amide bonds. The Morgan fingerprint density at radius 2 is 1.54 bits per heavy atom. The Morgan fingerprint density at radius 3 is 1.92 bits per heavy atom. The topological polar surface area (TPSA) is 27.7 Å². The first kappa shape index (κ1) is 13.1. The standard InChI is InChI=1S/C9H22O3Si/c1-5-8-10-9-13(4,11-6-2)12-7-3/h5-9H2,1-4H3. The highest BCUT2D eigenvalue weighted by molar-refractivity contribution is 6.65. The molecule has 0 N–H and O–H groups in total. The molecule has 3 nitrogen and oxygen atoms in total. The molecule has 0 fully saturated rings. The quantitative estimate of drug-likeness (QED) is 0.449. The maximum atomic E-state index is 5.61. The molecule has 0 bridgehead atoms. The van der Waals surface area contributed by atoms with Gasteiger partial charge in [0.25, 0.3) is 0 Å². The van der Waals surface area contributed by atoms with Crippen LogP contribution in [0.4, 0.5) is 0 Å². The molecule has 0 aliphatic heterocycles. The van der Waals surface area contributed by atoms with Crippen LogP contribution in [0, 0.1) is 0 Å². The third-order valence-corrected chi connectivity index (χ3v) is 4.14. The average molecular weight is 206 g/mol. The van der Waals surface area contributed by atoms with Gasteiger partial charge in [-0.15, -0.1) is 0 Å². The van der Waals surface area contributed by atoms with Crippen LogP contribution < -0.4 is 0 Å². The zero-order valence-electron chi connectivity index (χ0n) is 9.26. The van der Waals surface area contributed by atoms with Crippen molar-refractivity contribution >= 4 is 8.56 Å². The molecule has 0 aliphatic carbocycles. The first-order valence-corrected chi connectivity index (χ1v) is 7.56. The maximum Gasteiger partial charge on any atom is 0.361 e. The summed E-state index contributed by atoms with van der Waals surface area (Å²) in [5, 5.41) is 0. The van der Waals surface area contributed by atoms with Crippen molar-refractivity contribution in [1.82, 2.24) is 0 Å². The molecule has 0 spiro atoms. The molecule has 0 saturated carbocycles. The van der Waals surface area contributed by atoms with Crippen LogP contribution in [0.2, 0.25) is 6.55 Å². The third-order valence-electron chi connectivity index (χ3n) is 1.61. The largest absolute Gasteiger partial charge is 0.393 e. The van der Waals surface area contributed by atoms with Crippen molar-refractivity contribution in [2.24, 2.45) is 0 Å². The second kappa shape index (κ2) is 7.50. The molecular formula is C9H22O3Si. The molecule has 0 heterocycles. The van der Waals surface area contributed by atoms with Gasteiger partial charge in [0.2, 0.25) is 0 Å². The highest BCUT2D eigenvalue weighted by atomic mass is 28.4. The summed E-state index contributed by atoms with van der Waals surface area (Å²) in [4.78, 5) is 0. The van der Waals surface area contributed by atoms with Crippen LogP contribution >= 0.6 is 0 Å². The zero-order valence-corrected chi connectivity index (χ0v) is 10.3. The van der Waals surface area contributed by atoms with E-state index in [4.69, 9.17) is 13.6 Å². The fraction of sp³-hybridized carbons (Fsp3) is 1.00. The molecular weight excluding hydrogens is 184 g/mol. The van der Waals surface area contributed by atoms with Gasteiger partial charge in [0.15, 0.2) is 0 Å². The van der Waals surface area contributed by atoms with Crippen LogP contribution in [-0.4, -0.2) is 34.6 Å². The highest BCUT2D eigenvalue weighted by Gasteiger charge is 2.30. The van der Waals surface area contributed by atoms with Crippen molar-refractivity contribution in [3.63, 3.8) is 0 Å². The molecule has 0 aromatic rings. The first-order valence-electron chi connectivity index (χ1n) is 5.04. The molecule has 0 aliphatic rings. The summed E-state index contributed by atoms with van der Waals surface area (Å²) in [6.07, 6.45) is 1.69. The summed E-state index contributed by atoms with van der Waals surface area (Å²) in [6.45, 7) is 10.3. The van der Waals surface area contributed by atoms with Gasteiger partial charge in [0, 0.05) is 19.8 Å². The van der Waals surface area contributed by atoms with Gasteiger partial charge >= 0.3 is 8.56 Å². The van der Waals surface area contributed by atoms with Gasteiger partial charge in [0.1, 0.15) is 0 Å². The Bertz CT molecular complexity index is 113. The lowest BCUT2D eigenvalue weighted by atomic mass is 10.5. The SMILES string of the molecule is CCCOC[Si](C)(OCC)OCC. The minimum absolute atomic E-state index is 0.641. The summed E-state index contributed by atoms with van der Waals surface area (Å²) in [5.41, 5.74) is 0. The number of hydrogen-bond acceptors (Lipinski definition) is 3. The van der Waals surface area contributed by atoms with Crippen LogP contribution in [0.15, 0.2) is 0 Å². The normalized spacial score (nSPS) is 12.0. The molecule has 0 aromatic carbocycles. The van der Waals surface area contributed by atoms with Gasteiger partial charge in [-0.2, -0.15) is 0 Å². The zero-order chi connectivity index (χ0) is 10.2.